The van der Waals surface area contributed by atoms with Crippen molar-refractivity contribution >= 4 is 46.3 Å². The Labute approximate surface area is 195 Å². The Kier molecular flexibility index (Phi) is 6.83. The Bertz CT molecular complexity index is 1180. The van der Waals surface area contributed by atoms with E-state index in [1.54, 1.807) is 42.5 Å². The highest BCUT2D eigenvalue weighted by Gasteiger charge is 2.37. The van der Waals surface area contributed by atoms with E-state index in [2.05, 4.69) is 0 Å². The summed E-state index contributed by atoms with van der Waals surface area (Å²) in [6.45, 7) is 2.77. The van der Waals surface area contributed by atoms with Crippen LogP contribution in [0.5, 0.6) is 11.5 Å². The smallest absolute Gasteiger partial charge is 0.298 e. The van der Waals surface area contributed by atoms with Crippen molar-refractivity contribution in [3.63, 3.8) is 0 Å². The van der Waals surface area contributed by atoms with E-state index in [-0.39, 0.29) is 5.24 Å². The number of benzene rings is 3. The fourth-order valence-corrected chi connectivity index (χ4v) is 4.25. The SMILES string of the molecule is CCOc1cc(/C=C2\SC(=O)N(c3ccccc3Cl)C2=O)ccc1OCc1ccccc1. The topological polar surface area (TPSA) is 55.8 Å². The zero-order valence-corrected chi connectivity index (χ0v) is 18.9. The van der Waals surface area contributed by atoms with Gasteiger partial charge < -0.3 is 9.47 Å². The lowest BCUT2D eigenvalue weighted by molar-refractivity contribution is -0.113. The van der Waals surface area contributed by atoms with Crippen LogP contribution in [0.3, 0.4) is 0 Å². The molecule has 1 aliphatic heterocycles. The number of carbonyl (C=O) groups excluding carboxylic acids is 2. The predicted octanol–water partition coefficient (Wildman–Crippen LogP) is 6.56. The zero-order valence-electron chi connectivity index (χ0n) is 17.3. The van der Waals surface area contributed by atoms with E-state index in [1.807, 2.05) is 43.3 Å². The fourth-order valence-electron chi connectivity index (χ4n) is 3.20. The summed E-state index contributed by atoms with van der Waals surface area (Å²) in [6, 6.07) is 22.1. The second kappa shape index (κ2) is 9.94. The predicted molar refractivity (Wildman–Crippen MR) is 128 cm³/mol. The van der Waals surface area contributed by atoms with Gasteiger partial charge in [-0.1, -0.05) is 60.1 Å². The van der Waals surface area contributed by atoms with E-state index in [1.165, 1.54) is 0 Å². The first-order valence-electron chi connectivity index (χ1n) is 10.0. The molecule has 162 valence electrons. The molecule has 7 heteroatoms. The molecule has 1 saturated heterocycles. The van der Waals surface area contributed by atoms with Gasteiger partial charge in [-0.05, 0) is 60.2 Å². The maximum atomic E-state index is 12.9. The molecular weight excluding hydrogens is 446 g/mol. The highest BCUT2D eigenvalue weighted by Crippen LogP contribution is 2.39. The number of thioether (sulfide) groups is 1. The number of imide groups is 1. The summed E-state index contributed by atoms with van der Waals surface area (Å²) >= 11 is 7.06. The monoisotopic (exact) mass is 465 g/mol. The van der Waals surface area contributed by atoms with Crippen LogP contribution in [-0.2, 0) is 11.4 Å². The molecule has 0 radical (unpaired) electrons. The van der Waals surface area contributed by atoms with Gasteiger partial charge in [0.1, 0.15) is 6.61 Å². The van der Waals surface area contributed by atoms with Crippen molar-refractivity contribution in [2.75, 3.05) is 11.5 Å². The van der Waals surface area contributed by atoms with Crippen molar-refractivity contribution in [1.29, 1.82) is 0 Å². The molecule has 1 heterocycles. The molecule has 0 unspecified atom stereocenters. The molecular formula is C25H20ClNO4S. The number of rotatable bonds is 7. The maximum Gasteiger partial charge on any atom is 0.298 e. The number of halogens is 1. The minimum atomic E-state index is -0.407. The van der Waals surface area contributed by atoms with Gasteiger partial charge in [0.2, 0.25) is 0 Å². The fraction of sp³-hybridized carbons (Fsp3) is 0.120. The molecule has 32 heavy (non-hydrogen) atoms. The molecule has 4 rings (SSSR count). The van der Waals surface area contributed by atoms with Gasteiger partial charge in [0.05, 0.1) is 22.2 Å². The Morgan fingerprint density at radius 1 is 0.938 bits per heavy atom. The number of hydrogen-bond donors (Lipinski definition) is 0. The number of anilines is 1. The minimum absolute atomic E-state index is 0.315. The number of carbonyl (C=O) groups is 2. The maximum absolute atomic E-state index is 12.9. The first-order valence-corrected chi connectivity index (χ1v) is 11.2. The van der Waals surface area contributed by atoms with E-state index in [0.717, 1.165) is 27.8 Å². The summed E-state index contributed by atoms with van der Waals surface area (Å²) in [5.41, 5.74) is 2.15. The van der Waals surface area contributed by atoms with Gasteiger partial charge in [-0.2, -0.15) is 0 Å². The number of para-hydroxylation sites is 1. The molecule has 1 aliphatic rings. The molecule has 0 spiro atoms. The van der Waals surface area contributed by atoms with Crippen molar-refractivity contribution in [2.24, 2.45) is 0 Å². The first-order chi connectivity index (χ1) is 15.6. The van der Waals surface area contributed by atoms with Crippen molar-refractivity contribution in [2.45, 2.75) is 13.5 Å². The van der Waals surface area contributed by atoms with Crippen LogP contribution in [0.1, 0.15) is 18.1 Å². The third-order valence-corrected chi connectivity index (χ3v) is 5.88. The van der Waals surface area contributed by atoms with Gasteiger partial charge in [-0.25, -0.2) is 4.90 Å². The van der Waals surface area contributed by atoms with Crippen molar-refractivity contribution in [3.8, 4) is 11.5 Å². The Morgan fingerprint density at radius 3 is 2.44 bits per heavy atom. The van der Waals surface area contributed by atoms with E-state index in [9.17, 15) is 9.59 Å². The first kappa shape index (κ1) is 22.0. The van der Waals surface area contributed by atoms with Crippen molar-refractivity contribution < 1.29 is 19.1 Å². The van der Waals surface area contributed by atoms with E-state index in [0.29, 0.717) is 40.3 Å². The standard InChI is InChI=1S/C25H20ClNO4S/c1-2-30-22-14-18(12-13-21(22)31-16-17-8-4-3-5-9-17)15-23-24(28)27(25(29)32-23)20-11-7-6-10-19(20)26/h3-15H,2,16H2,1H3/b23-15-. The van der Waals surface area contributed by atoms with Crippen LogP contribution >= 0.6 is 23.4 Å². The van der Waals surface area contributed by atoms with Crippen LogP contribution in [0.25, 0.3) is 6.08 Å². The van der Waals surface area contributed by atoms with Crippen LogP contribution < -0.4 is 14.4 Å². The van der Waals surface area contributed by atoms with Gasteiger partial charge in [0.15, 0.2) is 11.5 Å². The normalized spacial score (nSPS) is 14.8. The van der Waals surface area contributed by atoms with Crippen LogP contribution in [0, 0.1) is 0 Å². The molecule has 0 N–H and O–H groups in total. The lowest BCUT2D eigenvalue weighted by Crippen LogP contribution is -2.27. The number of ether oxygens (including phenoxy) is 2. The Balaban J connectivity index is 1.57. The molecule has 1 fully saturated rings. The van der Waals surface area contributed by atoms with E-state index < -0.39 is 5.91 Å². The van der Waals surface area contributed by atoms with Gasteiger partial charge in [-0.15, -0.1) is 0 Å². The average molecular weight is 466 g/mol. The van der Waals surface area contributed by atoms with Crippen LogP contribution in [-0.4, -0.2) is 17.8 Å². The summed E-state index contributed by atoms with van der Waals surface area (Å²) in [6.07, 6.45) is 1.67. The summed E-state index contributed by atoms with van der Waals surface area (Å²) in [5.74, 6) is 0.773. The highest BCUT2D eigenvalue weighted by molar-refractivity contribution is 8.19. The molecule has 2 amide bonds. The Morgan fingerprint density at radius 2 is 1.69 bits per heavy atom. The average Bonchev–Trinajstić information content (AvgIpc) is 3.07. The molecule has 0 atom stereocenters. The van der Waals surface area contributed by atoms with Gasteiger partial charge in [-0.3, -0.25) is 9.59 Å². The van der Waals surface area contributed by atoms with Crippen LogP contribution in [0.4, 0.5) is 10.5 Å². The third kappa shape index (κ3) is 4.82. The molecule has 3 aromatic carbocycles. The summed E-state index contributed by atoms with van der Waals surface area (Å²) in [7, 11) is 0. The number of nitrogens with zero attached hydrogens (tertiary/aromatic N) is 1. The summed E-state index contributed by atoms with van der Waals surface area (Å²) in [4.78, 5) is 26.8. The molecule has 0 aliphatic carbocycles. The molecule has 0 aromatic heterocycles. The van der Waals surface area contributed by atoms with Crippen molar-refractivity contribution in [3.05, 3.63) is 93.9 Å². The quantitative estimate of drug-likeness (QED) is 0.370. The van der Waals surface area contributed by atoms with Crippen LogP contribution in [0.2, 0.25) is 5.02 Å². The van der Waals surface area contributed by atoms with E-state index in [4.69, 9.17) is 21.1 Å². The second-order valence-corrected chi connectivity index (χ2v) is 8.28. The van der Waals surface area contributed by atoms with E-state index >= 15 is 0 Å². The second-order valence-electron chi connectivity index (χ2n) is 6.88. The zero-order chi connectivity index (χ0) is 22.5. The number of hydrogen-bond acceptors (Lipinski definition) is 5. The largest absolute Gasteiger partial charge is 0.490 e. The molecule has 5 nitrogen and oxygen atoms in total. The third-order valence-electron chi connectivity index (χ3n) is 4.69. The molecule has 0 bridgehead atoms. The lowest BCUT2D eigenvalue weighted by atomic mass is 10.1. The van der Waals surface area contributed by atoms with Gasteiger partial charge in [0, 0.05) is 0 Å². The van der Waals surface area contributed by atoms with Crippen LogP contribution in [0.15, 0.2) is 77.7 Å². The number of amides is 2. The van der Waals surface area contributed by atoms with Crippen molar-refractivity contribution in [1.82, 2.24) is 0 Å². The summed E-state index contributed by atoms with van der Waals surface area (Å²) < 4.78 is 11.7. The van der Waals surface area contributed by atoms with Gasteiger partial charge >= 0.3 is 0 Å². The minimum Gasteiger partial charge on any atom is -0.490 e. The molecule has 3 aromatic rings. The molecule has 0 saturated carbocycles. The summed E-state index contributed by atoms with van der Waals surface area (Å²) in [5, 5.41) is -0.0446. The van der Waals surface area contributed by atoms with Gasteiger partial charge in [0.25, 0.3) is 11.1 Å². The Hall–Kier alpha value is -3.22. The lowest BCUT2D eigenvalue weighted by Gasteiger charge is -2.14. The highest BCUT2D eigenvalue weighted by atomic mass is 35.5.